The molecule has 2 rings (SSSR count). The monoisotopic (exact) mass is 189 g/mol. The second-order valence-corrected chi connectivity index (χ2v) is 3.54. The molecule has 0 bridgehead atoms. The van der Waals surface area contributed by atoms with E-state index < -0.39 is 4.92 Å². The first-order valence-corrected chi connectivity index (χ1v) is 4.64. The lowest BCUT2D eigenvalue weighted by atomic mass is 10.1. The van der Waals surface area contributed by atoms with Crippen molar-refractivity contribution in [3.63, 3.8) is 0 Å². The summed E-state index contributed by atoms with van der Waals surface area (Å²) in [6, 6.07) is 10.1. The van der Waals surface area contributed by atoms with E-state index in [1.54, 1.807) is 6.08 Å². The van der Waals surface area contributed by atoms with Crippen molar-refractivity contribution >= 4 is 0 Å². The maximum absolute atomic E-state index is 10.1. The number of rotatable bonds is 3. The Hall–Kier alpha value is -1.64. The number of nitrogens with zero attached hydrogens (tertiary/aromatic N) is 1. The van der Waals surface area contributed by atoms with E-state index in [9.17, 15) is 10.1 Å². The van der Waals surface area contributed by atoms with Crippen LogP contribution in [0.3, 0.4) is 0 Å². The molecule has 0 heterocycles. The van der Waals surface area contributed by atoms with Crippen LogP contribution < -0.4 is 0 Å². The minimum Gasteiger partial charge on any atom is -0.259 e. The normalized spacial score (nSPS) is 25.1. The van der Waals surface area contributed by atoms with Gasteiger partial charge in [0, 0.05) is 0 Å². The van der Waals surface area contributed by atoms with Crippen molar-refractivity contribution in [3.8, 4) is 0 Å². The van der Waals surface area contributed by atoms with Crippen LogP contribution in [-0.4, -0.2) is 4.92 Å². The average Bonchev–Trinajstić information content (AvgIpc) is 2.95. The Morgan fingerprint density at radius 3 is 2.71 bits per heavy atom. The van der Waals surface area contributed by atoms with Crippen molar-refractivity contribution in [1.82, 2.24) is 0 Å². The van der Waals surface area contributed by atoms with Crippen LogP contribution in [0.2, 0.25) is 0 Å². The first-order valence-electron chi connectivity index (χ1n) is 4.64. The molecule has 3 heteroatoms. The number of benzene rings is 1. The predicted octanol–water partition coefficient (Wildman–Crippen LogP) is 2.58. The Balaban J connectivity index is 1.97. The van der Waals surface area contributed by atoms with Crippen molar-refractivity contribution < 1.29 is 4.92 Å². The van der Waals surface area contributed by atoms with Crippen molar-refractivity contribution in [3.05, 3.63) is 58.3 Å². The first-order chi connectivity index (χ1) is 6.77. The summed E-state index contributed by atoms with van der Waals surface area (Å²) in [6.45, 7) is 0. The standard InChI is InChI=1S/C11H11NO2/c13-12(14)7-6-10-8-11(10)9-4-2-1-3-5-9/h1-7,10-11H,8H2/b7-6+. The molecule has 1 saturated carbocycles. The predicted molar refractivity (Wildman–Crippen MR) is 53.4 cm³/mol. The molecule has 72 valence electrons. The van der Waals surface area contributed by atoms with Gasteiger partial charge in [-0.2, -0.15) is 0 Å². The highest BCUT2D eigenvalue weighted by Gasteiger charge is 2.36. The lowest BCUT2D eigenvalue weighted by Gasteiger charge is -1.95. The zero-order valence-electron chi connectivity index (χ0n) is 7.67. The van der Waals surface area contributed by atoms with Crippen LogP contribution in [0.15, 0.2) is 42.6 Å². The molecular weight excluding hydrogens is 178 g/mol. The van der Waals surface area contributed by atoms with E-state index in [1.165, 1.54) is 5.56 Å². The molecule has 1 fully saturated rings. The third kappa shape index (κ3) is 1.99. The van der Waals surface area contributed by atoms with Gasteiger partial charge < -0.3 is 0 Å². The van der Waals surface area contributed by atoms with Gasteiger partial charge in [0.15, 0.2) is 0 Å². The lowest BCUT2D eigenvalue weighted by Crippen LogP contribution is -1.84. The molecule has 0 N–H and O–H groups in total. The first kappa shape index (κ1) is 8.94. The molecule has 0 radical (unpaired) electrons. The highest BCUT2D eigenvalue weighted by Crippen LogP contribution is 2.48. The molecule has 1 aromatic rings. The smallest absolute Gasteiger partial charge is 0.230 e. The second kappa shape index (κ2) is 3.62. The van der Waals surface area contributed by atoms with Gasteiger partial charge in [-0.3, -0.25) is 10.1 Å². The Morgan fingerprint density at radius 2 is 2.07 bits per heavy atom. The molecule has 0 saturated heterocycles. The average molecular weight is 189 g/mol. The van der Waals surface area contributed by atoms with Crippen LogP contribution in [0.1, 0.15) is 17.9 Å². The van der Waals surface area contributed by atoms with Crippen LogP contribution in [0.25, 0.3) is 0 Å². The second-order valence-electron chi connectivity index (χ2n) is 3.54. The highest BCUT2D eigenvalue weighted by atomic mass is 16.6. The van der Waals surface area contributed by atoms with E-state index in [-0.39, 0.29) is 0 Å². The minimum atomic E-state index is -0.402. The van der Waals surface area contributed by atoms with E-state index in [0.717, 1.165) is 12.6 Å². The van der Waals surface area contributed by atoms with Gasteiger partial charge in [0.1, 0.15) is 0 Å². The number of hydrogen-bond acceptors (Lipinski definition) is 2. The summed E-state index contributed by atoms with van der Waals surface area (Å²) in [5.41, 5.74) is 1.28. The Bertz CT molecular complexity index is 359. The Morgan fingerprint density at radius 1 is 1.36 bits per heavy atom. The topological polar surface area (TPSA) is 43.1 Å². The van der Waals surface area contributed by atoms with Crippen molar-refractivity contribution in [2.75, 3.05) is 0 Å². The summed E-state index contributed by atoms with van der Waals surface area (Å²) >= 11 is 0. The third-order valence-electron chi connectivity index (χ3n) is 2.52. The van der Waals surface area contributed by atoms with Gasteiger partial charge in [-0.25, -0.2) is 0 Å². The van der Waals surface area contributed by atoms with Crippen LogP contribution in [0.5, 0.6) is 0 Å². The van der Waals surface area contributed by atoms with E-state index in [4.69, 9.17) is 0 Å². The Kier molecular flexibility index (Phi) is 2.31. The molecule has 1 aromatic carbocycles. The molecule has 14 heavy (non-hydrogen) atoms. The SMILES string of the molecule is O=[N+]([O-])/C=C/C1CC1c1ccccc1. The molecule has 2 atom stereocenters. The molecule has 0 aliphatic heterocycles. The summed E-state index contributed by atoms with van der Waals surface area (Å²) in [5, 5.41) is 10.1. The lowest BCUT2D eigenvalue weighted by molar-refractivity contribution is -0.402. The van der Waals surface area contributed by atoms with Crippen molar-refractivity contribution in [1.29, 1.82) is 0 Å². The fraction of sp³-hybridized carbons (Fsp3) is 0.273. The molecule has 0 amide bonds. The maximum atomic E-state index is 10.1. The summed E-state index contributed by atoms with van der Waals surface area (Å²) in [7, 11) is 0. The van der Waals surface area contributed by atoms with Gasteiger partial charge in [-0.05, 0) is 29.9 Å². The van der Waals surface area contributed by atoms with E-state index in [0.29, 0.717) is 11.8 Å². The summed E-state index contributed by atoms with van der Waals surface area (Å²) in [5.74, 6) is 0.857. The van der Waals surface area contributed by atoms with Crippen molar-refractivity contribution in [2.45, 2.75) is 12.3 Å². The largest absolute Gasteiger partial charge is 0.259 e. The zero-order chi connectivity index (χ0) is 9.97. The summed E-state index contributed by atoms with van der Waals surface area (Å²) in [6.07, 6.45) is 3.78. The fourth-order valence-electron chi connectivity index (χ4n) is 1.69. The van der Waals surface area contributed by atoms with Crippen molar-refractivity contribution in [2.24, 2.45) is 5.92 Å². The zero-order valence-corrected chi connectivity index (χ0v) is 7.67. The number of allylic oxidation sites excluding steroid dienone is 1. The van der Waals surface area contributed by atoms with Gasteiger partial charge in [0.2, 0.25) is 6.20 Å². The molecule has 2 unspecified atom stereocenters. The van der Waals surface area contributed by atoms with Gasteiger partial charge in [0.05, 0.1) is 4.92 Å². The Labute approximate surface area is 82.2 Å². The third-order valence-corrected chi connectivity index (χ3v) is 2.52. The minimum absolute atomic E-state index is 0.364. The molecule has 0 aromatic heterocycles. The number of nitro groups is 1. The van der Waals surface area contributed by atoms with Crippen LogP contribution in [0.4, 0.5) is 0 Å². The van der Waals surface area contributed by atoms with Crippen LogP contribution in [-0.2, 0) is 0 Å². The number of hydrogen-bond donors (Lipinski definition) is 0. The van der Waals surface area contributed by atoms with Crippen LogP contribution >= 0.6 is 0 Å². The van der Waals surface area contributed by atoms with Gasteiger partial charge in [-0.1, -0.05) is 30.3 Å². The maximum Gasteiger partial charge on any atom is 0.230 e. The highest BCUT2D eigenvalue weighted by molar-refractivity contribution is 5.27. The summed E-state index contributed by atoms with van der Waals surface area (Å²) < 4.78 is 0. The molecule has 3 nitrogen and oxygen atoms in total. The van der Waals surface area contributed by atoms with Gasteiger partial charge in [-0.15, -0.1) is 0 Å². The molecule has 1 aliphatic rings. The van der Waals surface area contributed by atoms with Crippen LogP contribution in [0, 0.1) is 16.0 Å². The quantitative estimate of drug-likeness (QED) is 0.541. The molecule has 0 spiro atoms. The van der Waals surface area contributed by atoms with Gasteiger partial charge in [0.25, 0.3) is 0 Å². The van der Waals surface area contributed by atoms with E-state index >= 15 is 0 Å². The molecule has 1 aliphatic carbocycles. The molecular formula is C11H11NO2. The van der Waals surface area contributed by atoms with E-state index in [2.05, 4.69) is 12.1 Å². The fourth-order valence-corrected chi connectivity index (χ4v) is 1.69. The van der Waals surface area contributed by atoms with E-state index in [1.807, 2.05) is 18.2 Å². The van der Waals surface area contributed by atoms with Gasteiger partial charge >= 0.3 is 0 Å². The summed E-state index contributed by atoms with van der Waals surface area (Å²) in [4.78, 5) is 9.69.